The van der Waals surface area contributed by atoms with Crippen LogP contribution < -0.4 is 10.3 Å². The number of rotatable bonds is 4. The van der Waals surface area contributed by atoms with Crippen LogP contribution >= 0.6 is 11.3 Å². The summed E-state index contributed by atoms with van der Waals surface area (Å²) in [6, 6.07) is 7.91. The molecule has 0 unspecified atom stereocenters. The molecular formula is C23H26N4O4S. The highest BCUT2D eigenvalue weighted by atomic mass is 32.1. The van der Waals surface area contributed by atoms with Crippen LogP contribution in [-0.4, -0.2) is 65.3 Å². The number of methoxy groups -OCH3 is 1. The second-order valence-corrected chi connectivity index (χ2v) is 9.13. The van der Waals surface area contributed by atoms with E-state index in [-0.39, 0.29) is 11.6 Å². The predicted molar refractivity (Wildman–Crippen MR) is 122 cm³/mol. The van der Waals surface area contributed by atoms with Crippen molar-refractivity contribution >= 4 is 27.6 Å². The average molecular weight is 455 g/mol. The summed E-state index contributed by atoms with van der Waals surface area (Å²) in [5.41, 5.74) is 2.11. The molecule has 2 amide bonds. The maximum absolute atomic E-state index is 13.3. The molecule has 2 aliphatic rings. The number of aryl methyl sites for hydroxylation is 2. The van der Waals surface area contributed by atoms with E-state index >= 15 is 0 Å². The largest absolute Gasteiger partial charge is 0.496 e. The summed E-state index contributed by atoms with van der Waals surface area (Å²) in [5.74, 6) is 0.826. The molecule has 0 atom stereocenters. The number of morpholine rings is 1. The fourth-order valence-electron chi connectivity index (χ4n) is 4.45. The molecule has 0 spiro atoms. The lowest BCUT2D eigenvalue weighted by atomic mass is 10.1. The number of fused-ring (bicyclic) bond motifs is 3. The van der Waals surface area contributed by atoms with E-state index in [1.54, 1.807) is 18.0 Å². The Labute approximate surface area is 190 Å². The third kappa shape index (κ3) is 3.86. The van der Waals surface area contributed by atoms with Gasteiger partial charge in [-0.3, -0.25) is 9.36 Å². The fourth-order valence-corrected chi connectivity index (χ4v) is 5.64. The van der Waals surface area contributed by atoms with Gasteiger partial charge in [0.25, 0.3) is 5.56 Å². The molecule has 4 heterocycles. The van der Waals surface area contributed by atoms with Gasteiger partial charge in [0, 0.05) is 31.1 Å². The molecule has 0 radical (unpaired) electrons. The first-order valence-electron chi connectivity index (χ1n) is 10.9. The van der Waals surface area contributed by atoms with Crippen molar-refractivity contribution < 1.29 is 14.3 Å². The van der Waals surface area contributed by atoms with Crippen LogP contribution in [0.5, 0.6) is 5.75 Å². The number of nitrogens with zero attached hydrogens (tertiary/aromatic N) is 4. The molecule has 1 saturated heterocycles. The smallest absolute Gasteiger partial charge is 0.320 e. The maximum atomic E-state index is 13.3. The fraction of sp³-hybridized carbons (Fsp3) is 0.435. The van der Waals surface area contributed by atoms with E-state index < -0.39 is 0 Å². The summed E-state index contributed by atoms with van der Waals surface area (Å²) >= 11 is 1.53. The first kappa shape index (κ1) is 21.0. The topological polar surface area (TPSA) is 76.9 Å². The molecular weight excluding hydrogens is 428 g/mol. The van der Waals surface area contributed by atoms with Gasteiger partial charge in [0.15, 0.2) is 0 Å². The third-order valence-electron chi connectivity index (χ3n) is 6.19. The summed E-state index contributed by atoms with van der Waals surface area (Å²) in [7, 11) is 1.66. The first-order chi connectivity index (χ1) is 15.7. The van der Waals surface area contributed by atoms with Gasteiger partial charge in [-0.2, -0.15) is 0 Å². The lowest BCUT2D eigenvalue weighted by molar-refractivity contribution is 0.0423. The summed E-state index contributed by atoms with van der Waals surface area (Å²) in [5, 5.41) is 0.714. The van der Waals surface area contributed by atoms with Gasteiger partial charge in [0.05, 0.1) is 38.6 Å². The Balaban J connectivity index is 1.37. The average Bonchev–Trinajstić information content (AvgIpc) is 3.22. The van der Waals surface area contributed by atoms with Gasteiger partial charge in [-0.25, -0.2) is 9.78 Å². The Morgan fingerprint density at radius 3 is 2.81 bits per heavy atom. The molecule has 32 heavy (non-hydrogen) atoms. The first-order valence-corrected chi connectivity index (χ1v) is 11.7. The van der Waals surface area contributed by atoms with Gasteiger partial charge in [-0.05, 0) is 30.0 Å². The molecule has 0 aliphatic carbocycles. The molecule has 8 nitrogen and oxygen atoms in total. The van der Waals surface area contributed by atoms with Gasteiger partial charge < -0.3 is 19.3 Å². The van der Waals surface area contributed by atoms with Crippen LogP contribution in [0.15, 0.2) is 35.4 Å². The SMILES string of the molecule is COc1ccccc1CCn1cnc2sc3c(c2c1=O)CCN(C(=O)N1CCOCC1)C3. The molecule has 0 saturated carbocycles. The standard InChI is InChI=1S/C23H26N4O4S/c1-30-18-5-3-2-4-16(18)6-8-27-15-24-21-20(22(27)28)17-7-9-26(14-19(17)32-21)23(29)25-10-12-31-13-11-25/h2-5,15H,6-14H2,1H3. The number of carbonyl (C=O) groups excluding carboxylic acids is 1. The molecule has 168 valence electrons. The van der Waals surface area contributed by atoms with Crippen LogP contribution in [0, 0.1) is 0 Å². The molecule has 3 aromatic rings. The number of hydrogen-bond acceptors (Lipinski definition) is 6. The Bertz CT molecular complexity index is 1200. The number of thiophene rings is 1. The number of benzene rings is 1. The van der Waals surface area contributed by atoms with Crippen molar-refractivity contribution in [3.63, 3.8) is 0 Å². The monoisotopic (exact) mass is 454 g/mol. The highest BCUT2D eigenvalue weighted by molar-refractivity contribution is 7.18. The number of ether oxygens (including phenoxy) is 2. The number of carbonyl (C=O) groups is 1. The van der Waals surface area contributed by atoms with E-state index in [1.807, 2.05) is 34.1 Å². The Kier molecular flexibility index (Phi) is 5.84. The van der Waals surface area contributed by atoms with Crippen LogP contribution in [-0.2, 0) is 30.7 Å². The van der Waals surface area contributed by atoms with Crippen molar-refractivity contribution in [1.29, 1.82) is 0 Å². The third-order valence-corrected chi connectivity index (χ3v) is 7.32. The van der Waals surface area contributed by atoms with Crippen LogP contribution in [0.25, 0.3) is 10.2 Å². The van der Waals surface area contributed by atoms with Gasteiger partial charge in [0.1, 0.15) is 10.6 Å². The van der Waals surface area contributed by atoms with Crippen molar-refractivity contribution in [1.82, 2.24) is 19.4 Å². The van der Waals surface area contributed by atoms with E-state index in [2.05, 4.69) is 4.98 Å². The predicted octanol–water partition coefficient (Wildman–Crippen LogP) is 2.52. The second kappa shape index (κ2) is 8.91. The minimum Gasteiger partial charge on any atom is -0.496 e. The number of amides is 2. The maximum Gasteiger partial charge on any atom is 0.320 e. The minimum atomic E-state index is -0.00430. The molecule has 2 aromatic heterocycles. The van der Waals surface area contributed by atoms with Crippen molar-refractivity contribution in [3.05, 3.63) is 57.0 Å². The number of urea groups is 1. The summed E-state index contributed by atoms with van der Waals surface area (Å²) in [6.07, 6.45) is 3.00. The van der Waals surface area contributed by atoms with Crippen LogP contribution in [0.4, 0.5) is 4.79 Å². The minimum absolute atomic E-state index is 0.00430. The number of para-hydroxylation sites is 1. The molecule has 9 heteroatoms. The quantitative estimate of drug-likeness (QED) is 0.606. The van der Waals surface area contributed by atoms with Gasteiger partial charge in [-0.1, -0.05) is 18.2 Å². The van der Waals surface area contributed by atoms with Crippen LogP contribution in [0.2, 0.25) is 0 Å². The van der Waals surface area contributed by atoms with Gasteiger partial charge >= 0.3 is 6.03 Å². The highest BCUT2D eigenvalue weighted by Gasteiger charge is 2.29. The summed E-state index contributed by atoms with van der Waals surface area (Å²) in [4.78, 5) is 36.3. The normalized spacial score (nSPS) is 16.3. The second-order valence-electron chi connectivity index (χ2n) is 8.04. The Morgan fingerprint density at radius 1 is 1.19 bits per heavy atom. The highest BCUT2D eigenvalue weighted by Crippen LogP contribution is 2.32. The summed E-state index contributed by atoms with van der Waals surface area (Å²) < 4.78 is 12.5. The molecule has 5 rings (SSSR count). The van der Waals surface area contributed by atoms with E-state index in [9.17, 15) is 9.59 Å². The lowest BCUT2D eigenvalue weighted by Gasteiger charge is -2.34. The number of hydrogen-bond donors (Lipinski definition) is 0. The van der Waals surface area contributed by atoms with Gasteiger partial charge in [0.2, 0.25) is 0 Å². The van der Waals surface area contributed by atoms with E-state index in [4.69, 9.17) is 9.47 Å². The van der Waals surface area contributed by atoms with E-state index in [0.29, 0.717) is 64.2 Å². The molecule has 2 aliphatic heterocycles. The molecule has 0 bridgehead atoms. The molecule has 1 aromatic carbocycles. The molecule has 1 fully saturated rings. The Hall–Kier alpha value is -2.91. The van der Waals surface area contributed by atoms with E-state index in [1.165, 1.54) is 11.3 Å². The zero-order chi connectivity index (χ0) is 22.1. The zero-order valence-electron chi connectivity index (χ0n) is 18.1. The summed E-state index contributed by atoms with van der Waals surface area (Å²) in [6.45, 7) is 4.13. The van der Waals surface area contributed by atoms with Crippen molar-refractivity contribution in [2.75, 3.05) is 40.0 Å². The van der Waals surface area contributed by atoms with Crippen molar-refractivity contribution in [2.45, 2.75) is 25.9 Å². The number of aromatic nitrogens is 2. The van der Waals surface area contributed by atoms with Crippen LogP contribution in [0.3, 0.4) is 0 Å². The zero-order valence-corrected chi connectivity index (χ0v) is 18.9. The van der Waals surface area contributed by atoms with Crippen molar-refractivity contribution in [2.24, 2.45) is 0 Å². The van der Waals surface area contributed by atoms with Crippen molar-refractivity contribution in [3.8, 4) is 5.75 Å². The Morgan fingerprint density at radius 2 is 2.00 bits per heavy atom. The lowest BCUT2D eigenvalue weighted by Crippen LogP contribution is -2.49. The van der Waals surface area contributed by atoms with Gasteiger partial charge in [-0.15, -0.1) is 11.3 Å². The van der Waals surface area contributed by atoms with E-state index in [0.717, 1.165) is 26.6 Å². The van der Waals surface area contributed by atoms with Crippen LogP contribution in [0.1, 0.15) is 16.0 Å². The molecule has 0 N–H and O–H groups in total.